The fraction of sp³-hybridized carbons (Fsp3) is 0.267. The second kappa shape index (κ2) is 6.22. The molecule has 0 aliphatic rings. The first kappa shape index (κ1) is 15.4. The van der Waals surface area contributed by atoms with Gasteiger partial charge in [-0.3, -0.25) is 4.98 Å². The van der Waals surface area contributed by atoms with E-state index in [4.69, 9.17) is 0 Å². The molecule has 0 bridgehead atoms. The quantitative estimate of drug-likeness (QED) is 0.870. The number of benzene rings is 1. The summed E-state index contributed by atoms with van der Waals surface area (Å²) < 4.78 is 51.2. The fourth-order valence-corrected chi connectivity index (χ4v) is 2.12. The summed E-state index contributed by atoms with van der Waals surface area (Å²) >= 11 is 0. The van der Waals surface area contributed by atoms with Gasteiger partial charge in [-0.05, 0) is 36.7 Å². The molecule has 6 heteroatoms. The minimum Gasteiger partial charge on any atom is -0.313 e. The number of likely N-dealkylation sites (N-methyl/N-ethyl adjacent to an activating group) is 1. The zero-order chi connectivity index (χ0) is 15.5. The lowest BCUT2D eigenvalue weighted by atomic mass is 9.99. The minimum atomic E-state index is -4.37. The lowest BCUT2D eigenvalue weighted by Crippen LogP contribution is -2.19. The van der Waals surface area contributed by atoms with Gasteiger partial charge in [0.15, 0.2) is 0 Å². The monoisotopic (exact) mass is 298 g/mol. The summed E-state index contributed by atoms with van der Waals surface area (Å²) in [6, 6.07) is 6.14. The zero-order valence-corrected chi connectivity index (χ0v) is 11.3. The summed E-state index contributed by atoms with van der Waals surface area (Å²) in [7, 11) is 1.67. The Balaban J connectivity index is 2.23. The standard InChI is InChI=1S/C15H14F4N2/c1-20-14(11-7-13(16)9-21-8-11)6-10-3-2-4-12(5-10)15(17,18)19/h2-5,7-9,14,20H,6H2,1H3. The van der Waals surface area contributed by atoms with Crippen LogP contribution in [0.4, 0.5) is 17.6 Å². The van der Waals surface area contributed by atoms with Crippen molar-refractivity contribution in [3.63, 3.8) is 0 Å². The van der Waals surface area contributed by atoms with Gasteiger partial charge in [-0.2, -0.15) is 13.2 Å². The molecule has 2 aromatic rings. The van der Waals surface area contributed by atoms with E-state index < -0.39 is 17.6 Å². The lowest BCUT2D eigenvalue weighted by molar-refractivity contribution is -0.137. The van der Waals surface area contributed by atoms with Gasteiger partial charge in [0.25, 0.3) is 0 Å². The molecule has 0 saturated carbocycles. The number of nitrogens with zero attached hydrogens (tertiary/aromatic N) is 1. The molecular weight excluding hydrogens is 284 g/mol. The van der Waals surface area contributed by atoms with Gasteiger partial charge in [-0.15, -0.1) is 0 Å². The van der Waals surface area contributed by atoms with E-state index in [1.165, 1.54) is 18.3 Å². The summed E-state index contributed by atoms with van der Waals surface area (Å²) in [5.41, 5.74) is 0.426. The smallest absolute Gasteiger partial charge is 0.313 e. The highest BCUT2D eigenvalue weighted by Crippen LogP contribution is 2.30. The molecule has 0 fully saturated rings. The maximum absolute atomic E-state index is 13.2. The molecule has 1 aromatic heterocycles. The Morgan fingerprint density at radius 3 is 2.57 bits per heavy atom. The molecule has 2 rings (SSSR count). The summed E-state index contributed by atoms with van der Waals surface area (Å²) in [5, 5.41) is 2.96. The third-order valence-electron chi connectivity index (χ3n) is 3.17. The van der Waals surface area contributed by atoms with Gasteiger partial charge in [-0.1, -0.05) is 18.2 Å². The number of rotatable bonds is 4. The topological polar surface area (TPSA) is 24.9 Å². The van der Waals surface area contributed by atoms with E-state index in [-0.39, 0.29) is 6.04 Å². The van der Waals surface area contributed by atoms with Crippen LogP contribution in [0, 0.1) is 5.82 Å². The van der Waals surface area contributed by atoms with E-state index in [1.54, 1.807) is 13.1 Å². The molecule has 1 aromatic carbocycles. The molecule has 0 amide bonds. The molecule has 112 valence electrons. The number of pyridine rings is 1. The van der Waals surface area contributed by atoms with Crippen molar-refractivity contribution in [2.45, 2.75) is 18.6 Å². The van der Waals surface area contributed by atoms with Crippen molar-refractivity contribution in [3.8, 4) is 0 Å². The summed E-state index contributed by atoms with van der Waals surface area (Å²) in [4.78, 5) is 3.76. The Morgan fingerprint density at radius 2 is 1.95 bits per heavy atom. The number of halogens is 4. The second-order valence-electron chi connectivity index (χ2n) is 4.68. The first-order valence-corrected chi connectivity index (χ1v) is 6.34. The van der Waals surface area contributed by atoms with E-state index in [9.17, 15) is 17.6 Å². The van der Waals surface area contributed by atoms with Gasteiger partial charge in [0.05, 0.1) is 11.8 Å². The predicted molar refractivity (Wildman–Crippen MR) is 71.1 cm³/mol. The third kappa shape index (κ3) is 4.01. The van der Waals surface area contributed by atoms with Crippen molar-refractivity contribution in [1.82, 2.24) is 10.3 Å². The minimum absolute atomic E-state index is 0.309. The SMILES string of the molecule is CNC(Cc1cccc(C(F)(F)F)c1)c1cncc(F)c1. The first-order valence-electron chi connectivity index (χ1n) is 6.34. The van der Waals surface area contributed by atoms with E-state index in [0.29, 0.717) is 17.5 Å². The van der Waals surface area contributed by atoms with Crippen LogP contribution in [0.3, 0.4) is 0 Å². The highest BCUT2D eigenvalue weighted by Gasteiger charge is 2.30. The number of hydrogen-bond acceptors (Lipinski definition) is 2. The van der Waals surface area contributed by atoms with Crippen LogP contribution in [-0.4, -0.2) is 12.0 Å². The number of alkyl halides is 3. The number of aromatic nitrogens is 1. The van der Waals surface area contributed by atoms with Gasteiger partial charge >= 0.3 is 6.18 Å². The summed E-state index contributed by atoms with van der Waals surface area (Å²) in [6.07, 6.45) is -1.48. The van der Waals surface area contributed by atoms with Crippen LogP contribution in [0.2, 0.25) is 0 Å². The van der Waals surface area contributed by atoms with Crippen LogP contribution < -0.4 is 5.32 Å². The summed E-state index contributed by atoms with van der Waals surface area (Å²) in [5.74, 6) is -0.475. The van der Waals surface area contributed by atoms with E-state index in [1.807, 2.05) is 0 Å². The Hall–Kier alpha value is -1.95. The largest absolute Gasteiger partial charge is 0.416 e. The molecule has 0 spiro atoms. The predicted octanol–water partition coefficient (Wildman–Crippen LogP) is 3.74. The molecule has 2 nitrogen and oxygen atoms in total. The van der Waals surface area contributed by atoms with Crippen LogP contribution in [0.25, 0.3) is 0 Å². The van der Waals surface area contributed by atoms with E-state index in [2.05, 4.69) is 10.3 Å². The van der Waals surface area contributed by atoms with Gasteiger partial charge in [0.1, 0.15) is 5.82 Å². The van der Waals surface area contributed by atoms with Crippen molar-refractivity contribution >= 4 is 0 Å². The van der Waals surface area contributed by atoms with E-state index >= 15 is 0 Å². The maximum Gasteiger partial charge on any atom is 0.416 e. The number of nitrogens with one attached hydrogen (secondary N) is 1. The highest BCUT2D eigenvalue weighted by molar-refractivity contribution is 5.28. The van der Waals surface area contributed by atoms with E-state index in [0.717, 1.165) is 18.3 Å². The molecule has 0 aliphatic heterocycles. The van der Waals surface area contributed by atoms with Crippen LogP contribution >= 0.6 is 0 Å². The van der Waals surface area contributed by atoms with Crippen molar-refractivity contribution < 1.29 is 17.6 Å². The summed E-state index contributed by atoms with van der Waals surface area (Å²) in [6.45, 7) is 0. The normalized spacial score (nSPS) is 13.2. The Kier molecular flexibility index (Phi) is 4.57. The molecule has 1 heterocycles. The average Bonchev–Trinajstić information content (AvgIpc) is 2.44. The Morgan fingerprint density at radius 1 is 1.19 bits per heavy atom. The Labute approximate surface area is 119 Å². The van der Waals surface area contributed by atoms with Crippen LogP contribution in [0.15, 0.2) is 42.7 Å². The molecule has 0 saturated heterocycles. The molecule has 0 radical (unpaired) electrons. The maximum atomic E-state index is 13.2. The van der Waals surface area contributed by atoms with Gasteiger partial charge in [0.2, 0.25) is 0 Å². The first-order chi connectivity index (χ1) is 9.90. The second-order valence-corrected chi connectivity index (χ2v) is 4.68. The molecule has 21 heavy (non-hydrogen) atoms. The highest BCUT2D eigenvalue weighted by atomic mass is 19.4. The number of hydrogen-bond donors (Lipinski definition) is 1. The zero-order valence-electron chi connectivity index (χ0n) is 11.3. The van der Waals surface area contributed by atoms with Gasteiger partial charge in [0, 0.05) is 12.2 Å². The molecule has 1 N–H and O–H groups in total. The fourth-order valence-electron chi connectivity index (χ4n) is 2.12. The van der Waals surface area contributed by atoms with Crippen molar-refractivity contribution in [2.24, 2.45) is 0 Å². The van der Waals surface area contributed by atoms with Gasteiger partial charge in [-0.25, -0.2) is 4.39 Å². The third-order valence-corrected chi connectivity index (χ3v) is 3.17. The van der Waals surface area contributed by atoms with Crippen LogP contribution in [0.1, 0.15) is 22.7 Å². The van der Waals surface area contributed by atoms with Crippen LogP contribution in [0.5, 0.6) is 0 Å². The lowest BCUT2D eigenvalue weighted by Gasteiger charge is -2.17. The average molecular weight is 298 g/mol. The van der Waals surface area contributed by atoms with Crippen LogP contribution in [-0.2, 0) is 12.6 Å². The molecule has 1 atom stereocenters. The van der Waals surface area contributed by atoms with Crippen molar-refractivity contribution in [3.05, 3.63) is 65.2 Å². The molecular formula is C15H14F4N2. The molecule has 0 aliphatic carbocycles. The van der Waals surface area contributed by atoms with Crippen molar-refractivity contribution in [2.75, 3.05) is 7.05 Å². The van der Waals surface area contributed by atoms with Crippen molar-refractivity contribution in [1.29, 1.82) is 0 Å². The Bertz CT molecular complexity index is 611. The van der Waals surface area contributed by atoms with Gasteiger partial charge < -0.3 is 5.32 Å². The molecule has 1 unspecified atom stereocenters.